The van der Waals surface area contributed by atoms with Gasteiger partial charge in [-0.3, -0.25) is 9.19 Å². The molecule has 17 heavy (non-hydrogen) atoms. The van der Waals surface area contributed by atoms with Crippen molar-refractivity contribution in [1.82, 2.24) is 4.98 Å². The molecule has 3 nitrogen and oxygen atoms in total. The van der Waals surface area contributed by atoms with Crippen LogP contribution in [0.5, 0.6) is 0 Å². The Bertz CT molecular complexity index is 400. The zero-order chi connectivity index (χ0) is 12.5. The topological polar surface area (TPSA) is 33.2 Å². The summed E-state index contributed by atoms with van der Waals surface area (Å²) in [5, 5.41) is 0.138. The molecule has 2 heterocycles. The maximum atomic E-state index is 12.5. The van der Waals surface area contributed by atoms with Crippen LogP contribution in [0.3, 0.4) is 0 Å². The van der Waals surface area contributed by atoms with E-state index in [4.69, 9.17) is 0 Å². The van der Waals surface area contributed by atoms with Crippen molar-refractivity contribution in [2.45, 2.75) is 43.7 Å². The minimum Gasteiger partial charge on any atom is -0.356 e. The minimum atomic E-state index is -0.845. The normalized spacial score (nSPS) is 22.8. The van der Waals surface area contributed by atoms with Crippen LogP contribution in [-0.2, 0) is 10.8 Å². The molecule has 1 aromatic heterocycles. The Labute approximate surface area is 106 Å². The number of rotatable bonds is 2. The van der Waals surface area contributed by atoms with Gasteiger partial charge in [-0.2, -0.15) is 0 Å². The fourth-order valence-corrected chi connectivity index (χ4v) is 3.84. The van der Waals surface area contributed by atoms with Crippen molar-refractivity contribution in [2.75, 3.05) is 11.4 Å². The fourth-order valence-electron chi connectivity index (χ4n) is 2.19. The summed E-state index contributed by atoms with van der Waals surface area (Å²) < 4.78 is 12.3. The summed E-state index contributed by atoms with van der Waals surface area (Å²) in [6, 6.07) is 3.98. The van der Waals surface area contributed by atoms with Crippen molar-refractivity contribution in [1.29, 1.82) is 0 Å². The molecule has 0 spiro atoms. The highest BCUT2D eigenvalue weighted by molar-refractivity contribution is 7.87. The molecule has 0 unspecified atom stereocenters. The number of hydrogen-bond donors (Lipinski definition) is 0. The van der Waals surface area contributed by atoms with E-state index in [9.17, 15) is 4.21 Å². The molecule has 0 amide bonds. The van der Waals surface area contributed by atoms with Crippen LogP contribution in [0.2, 0.25) is 0 Å². The van der Waals surface area contributed by atoms with Gasteiger partial charge in [0.1, 0.15) is 5.37 Å². The molecule has 94 valence electrons. The van der Waals surface area contributed by atoms with Crippen LogP contribution in [-0.4, -0.2) is 25.9 Å². The van der Waals surface area contributed by atoms with Gasteiger partial charge in [-0.25, -0.2) is 0 Å². The summed E-state index contributed by atoms with van der Waals surface area (Å²) in [5.74, 6) is 0. The standard InChI is InChI=1S/C13H20N2OS/c1-13(2,3)17(16)12-7-5-9-15(12)11-6-4-8-14-10-11/h4,6,8,10,12H,5,7,9H2,1-3H3/t12-,17+/m0/s1. The van der Waals surface area contributed by atoms with Crippen LogP contribution in [0.4, 0.5) is 5.69 Å². The van der Waals surface area contributed by atoms with Gasteiger partial charge in [0, 0.05) is 28.3 Å². The maximum Gasteiger partial charge on any atom is 0.105 e. The van der Waals surface area contributed by atoms with Gasteiger partial charge in [0.05, 0.1) is 11.9 Å². The van der Waals surface area contributed by atoms with Crippen LogP contribution >= 0.6 is 0 Å². The second-order valence-electron chi connectivity index (χ2n) is 5.41. The zero-order valence-electron chi connectivity index (χ0n) is 10.7. The first-order chi connectivity index (χ1) is 8.00. The molecule has 2 atom stereocenters. The van der Waals surface area contributed by atoms with Crippen LogP contribution in [0.1, 0.15) is 33.6 Å². The highest BCUT2D eigenvalue weighted by Crippen LogP contribution is 2.30. The highest BCUT2D eigenvalue weighted by atomic mass is 32.2. The van der Waals surface area contributed by atoms with E-state index in [0.29, 0.717) is 0 Å². The Balaban J connectivity index is 2.22. The van der Waals surface area contributed by atoms with Crippen molar-refractivity contribution in [3.63, 3.8) is 0 Å². The summed E-state index contributed by atoms with van der Waals surface area (Å²) in [6.45, 7) is 7.12. The van der Waals surface area contributed by atoms with Gasteiger partial charge in [-0.15, -0.1) is 0 Å². The Hall–Kier alpha value is -0.900. The van der Waals surface area contributed by atoms with Crippen molar-refractivity contribution in [2.24, 2.45) is 0 Å². The molecule has 0 N–H and O–H groups in total. The molecule has 2 rings (SSSR count). The summed E-state index contributed by atoms with van der Waals surface area (Å²) in [5.41, 5.74) is 1.09. The van der Waals surface area contributed by atoms with Gasteiger partial charge in [0.25, 0.3) is 0 Å². The molecule has 1 fully saturated rings. The van der Waals surface area contributed by atoms with E-state index in [0.717, 1.165) is 25.1 Å². The lowest BCUT2D eigenvalue weighted by molar-refractivity contribution is 0.632. The number of anilines is 1. The molecule has 4 heteroatoms. The largest absolute Gasteiger partial charge is 0.356 e. The Kier molecular flexibility index (Phi) is 3.52. The van der Waals surface area contributed by atoms with Crippen LogP contribution < -0.4 is 4.90 Å². The smallest absolute Gasteiger partial charge is 0.105 e. The fraction of sp³-hybridized carbons (Fsp3) is 0.615. The predicted octanol–water partition coefficient (Wildman–Crippen LogP) is 2.56. The molecule has 0 radical (unpaired) electrons. The van der Waals surface area contributed by atoms with E-state index < -0.39 is 10.8 Å². The van der Waals surface area contributed by atoms with Crippen molar-refractivity contribution in [3.05, 3.63) is 24.5 Å². The molecule has 0 aromatic carbocycles. The van der Waals surface area contributed by atoms with Crippen LogP contribution in [0.15, 0.2) is 24.5 Å². The first-order valence-corrected chi connectivity index (χ1v) is 7.29. The van der Waals surface area contributed by atoms with Gasteiger partial charge < -0.3 is 4.90 Å². The number of pyridine rings is 1. The molecule has 0 aliphatic carbocycles. The molecule has 0 saturated carbocycles. The van der Waals surface area contributed by atoms with E-state index in [-0.39, 0.29) is 10.1 Å². The quantitative estimate of drug-likeness (QED) is 0.811. The SMILES string of the molecule is CC(C)(C)[S@](=O)[C@H]1CCCN1c1cccnc1. The van der Waals surface area contributed by atoms with Gasteiger partial charge in [0.2, 0.25) is 0 Å². The van der Waals surface area contributed by atoms with E-state index in [1.54, 1.807) is 6.20 Å². The molecular weight excluding hydrogens is 232 g/mol. The van der Waals surface area contributed by atoms with Crippen molar-refractivity contribution >= 4 is 16.5 Å². The predicted molar refractivity (Wildman–Crippen MR) is 72.5 cm³/mol. The molecule has 0 bridgehead atoms. The molecule has 1 aliphatic heterocycles. The average Bonchev–Trinajstić information content (AvgIpc) is 2.76. The Morgan fingerprint density at radius 3 is 2.82 bits per heavy atom. The van der Waals surface area contributed by atoms with Crippen molar-refractivity contribution in [3.8, 4) is 0 Å². The molecule has 1 aliphatic rings. The first kappa shape index (κ1) is 12.6. The summed E-state index contributed by atoms with van der Waals surface area (Å²) in [6.07, 6.45) is 5.76. The van der Waals surface area contributed by atoms with Gasteiger partial charge >= 0.3 is 0 Å². The van der Waals surface area contributed by atoms with Crippen molar-refractivity contribution < 1.29 is 4.21 Å². The molecular formula is C13H20N2OS. The molecule has 1 aromatic rings. The molecule has 1 saturated heterocycles. The van der Waals surface area contributed by atoms with Crippen LogP contribution in [0, 0.1) is 0 Å². The number of nitrogens with zero attached hydrogens (tertiary/aromatic N) is 2. The van der Waals surface area contributed by atoms with Crippen LogP contribution in [0.25, 0.3) is 0 Å². The maximum absolute atomic E-state index is 12.5. The average molecular weight is 252 g/mol. The first-order valence-electron chi connectivity index (χ1n) is 6.07. The summed E-state index contributed by atoms with van der Waals surface area (Å²) in [4.78, 5) is 6.39. The third kappa shape index (κ3) is 2.68. The summed E-state index contributed by atoms with van der Waals surface area (Å²) in [7, 11) is -0.845. The van der Waals surface area contributed by atoms with Gasteiger partial charge in [-0.05, 0) is 45.7 Å². The highest BCUT2D eigenvalue weighted by Gasteiger charge is 2.35. The zero-order valence-corrected chi connectivity index (χ0v) is 11.5. The minimum absolute atomic E-state index is 0.138. The van der Waals surface area contributed by atoms with E-state index in [2.05, 4.69) is 9.88 Å². The third-order valence-corrected chi connectivity index (χ3v) is 5.22. The lowest BCUT2D eigenvalue weighted by Gasteiger charge is -2.31. The second-order valence-corrected chi connectivity index (χ2v) is 7.77. The Morgan fingerprint density at radius 1 is 1.47 bits per heavy atom. The van der Waals surface area contributed by atoms with Gasteiger partial charge in [-0.1, -0.05) is 0 Å². The monoisotopic (exact) mass is 252 g/mol. The van der Waals surface area contributed by atoms with Gasteiger partial charge in [0.15, 0.2) is 0 Å². The van der Waals surface area contributed by atoms with E-state index >= 15 is 0 Å². The lowest BCUT2D eigenvalue weighted by atomic mass is 10.3. The number of hydrogen-bond acceptors (Lipinski definition) is 3. The Morgan fingerprint density at radius 2 is 2.24 bits per heavy atom. The van der Waals surface area contributed by atoms with E-state index in [1.165, 1.54) is 0 Å². The summed E-state index contributed by atoms with van der Waals surface area (Å²) >= 11 is 0. The van der Waals surface area contributed by atoms with E-state index in [1.807, 2.05) is 39.1 Å². The third-order valence-electron chi connectivity index (χ3n) is 3.03. The number of aromatic nitrogens is 1. The lowest BCUT2D eigenvalue weighted by Crippen LogP contribution is -2.40. The second kappa shape index (κ2) is 4.77.